The van der Waals surface area contributed by atoms with E-state index in [4.69, 9.17) is 5.11 Å². The van der Waals surface area contributed by atoms with Gasteiger partial charge in [0.1, 0.15) is 0 Å². The van der Waals surface area contributed by atoms with Crippen LogP contribution in [0, 0.1) is 0 Å². The lowest BCUT2D eigenvalue weighted by atomic mass is 9.91. The zero-order valence-corrected chi connectivity index (χ0v) is 12.5. The van der Waals surface area contributed by atoms with Gasteiger partial charge in [0.2, 0.25) is 0 Å². The molecule has 0 heterocycles. The summed E-state index contributed by atoms with van der Waals surface area (Å²) < 4.78 is 0. The number of carboxylic acid groups (broad SMARTS) is 1. The molecule has 0 spiro atoms. The maximum absolute atomic E-state index is 11.0. The third-order valence-corrected chi connectivity index (χ3v) is 4.20. The number of carbonyl (C=O) groups is 1. The topological polar surface area (TPSA) is 37.3 Å². The molecular weight excluding hydrogens is 260 g/mol. The SMILES string of the molecule is CC(C)c1ccc(C2CC2)c(-c2ccc(C(=O)O)cc2)c1. The lowest BCUT2D eigenvalue weighted by Crippen LogP contribution is -1.96. The predicted octanol–water partition coefficient (Wildman–Crippen LogP) is 5.05. The fourth-order valence-electron chi connectivity index (χ4n) is 2.73. The minimum absolute atomic E-state index is 0.340. The molecule has 0 radical (unpaired) electrons. The van der Waals surface area contributed by atoms with Crippen LogP contribution in [0.4, 0.5) is 0 Å². The van der Waals surface area contributed by atoms with E-state index < -0.39 is 5.97 Å². The molecule has 2 aromatic carbocycles. The Balaban J connectivity index is 2.06. The van der Waals surface area contributed by atoms with Crippen LogP contribution < -0.4 is 0 Å². The van der Waals surface area contributed by atoms with Crippen LogP contribution in [-0.4, -0.2) is 11.1 Å². The number of hydrogen-bond acceptors (Lipinski definition) is 1. The van der Waals surface area contributed by atoms with Crippen LogP contribution >= 0.6 is 0 Å². The van der Waals surface area contributed by atoms with E-state index in [0.717, 1.165) is 5.56 Å². The monoisotopic (exact) mass is 280 g/mol. The summed E-state index contributed by atoms with van der Waals surface area (Å²) in [5, 5.41) is 9.02. The van der Waals surface area contributed by atoms with Gasteiger partial charge in [-0.3, -0.25) is 0 Å². The molecular formula is C19H20O2. The number of carboxylic acids is 1. The van der Waals surface area contributed by atoms with Crippen molar-refractivity contribution in [1.29, 1.82) is 0 Å². The van der Waals surface area contributed by atoms with Crippen molar-refractivity contribution >= 4 is 5.97 Å². The van der Waals surface area contributed by atoms with Crippen LogP contribution in [0.15, 0.2) is 42.5 Å². The first-order chi connectivity index (χ1) is 10.1. The Hall–Kier alpha value is -2.09. The van der Waals surface area contributed by atoms with Gasteiger partial charge in [-0.2, -0.15) is 0 Å². The summed E-state index contributed by atoms with van der Waals surface area (Å²) in [6.07, 6.45) is 2.53. The summed E-state index contributed by atoms with van der Waals surface area (Å²) in [6, 6.07) is 14.0. The Morgan fingerprint density at radius 1 is 1.10 bits per heavy atom. The average Bonchev–Trinajstić information content (AvgIpc) is 3.31. The smallest absolute Gasteiger partial charge is 0.335 e. The zero-order chi connectivity index (χ0) is 15.0. The number of rotatable bonds is 4. The lowest BCUT2D eigenvalue weighted by molar-refractivity contribution is 0.0697. The highest BCUT2D eigenvalue weighted by molar-refractivity contribution is 5.88. The molecule has 0 saturated heterocycles. The van der Waals surface area contributed by atoms with Crippen LogP contribution in [0.25, 0.3) is 11.1 Å². The predicted molar refractivity (Wildman–Crippen MR) is 84.9 cm³/mol. The van der Waals surface area contributed by atoms with E-state index in [0.29, 0.717) is 17.4 Å². The van der Waals surface area contributed by atoms with Gasteiger partial charge < -0.3 is 5.11 Å². The molecule has 1 fully saturated rings. The molecule has 0 unspecified atom stereocenters. The van der Waals surface area contributed by atoms with Gasteiger partial charge in [0.15, 0.2) is 0 Å². The van der Waals surface area contributed by atoms with Crippen LogP contribution in [0.3, 0.4) is 0 Å². The van der Waals surface area contributed by atoms with Crippen LogP contribution in [-0.2, 0) is 0 Å². The first-order valence-electron chi connectivity index (χ1n) is 7.54. The largest absolute Gasteiger partial charge is 0.478 e. The second kappa shape index (κ2) is 5.36. The molecule has 2 nitrogen and oxygen atoms in total. The summed E-state index contributed by atoms with van der Waals surface area (Å²) in [7, 11) is 0. The van der Waals surface area contributed by atoms with Gasteiger partial charge >= 0.3 is 5.97 Å². The summed E-state index contributed by atoms with van der Waals surface area (Å²) in [6.45, 7) is 4.40. The first kappa shape index (κ1) is 13.9. The molecule has 0 atom stereocenters. The van der Waals surface area contributed by atoms with Crippen molar-refractivity contribution in [3.8, 4) is 11.1 Å². The van der Waals surface area contributed by atoms with Crippen molar-refractivity contribution < 1.29 is 9.90 Å². The van der Waals surface area contributed by atoms with E-state index in [-0.39, 0.29) is 0 Å². The second-order valence-corrected chi connectivity index (χ2v) is 6.16. The molecule has 0 bridgehead atoms. The van der Waals surface area contributed by atoms with Gasteiger partial charge in [0.25, 0.3) is 0 Å². The molecule has 0 amide bonds. The Kier molecular flexibility index (Phi) is 3.54. The molecule has 1 saturated carbocycles. The standard InChI is InChI=1S/C19H20O2/c1-12(2)16-9-10-17(13-3-4-13)18(11-16)14-5-7-15(8-6-14)19(20)21/h5-13H,3-4H2,1-2H3,(H,20,21). The minimum Gasteiger partial charge on any atom is -0.478 e. The highest BCUT2D eigenvalue weighted by Gasteiger charge is 2.26. The van der Waals surface area contributed by atoms with E-state index in [1.165, 1.54) is 29.5 Å². The molecule has 1 aliphatic rings. The van der Waals surface area contributed by atoms with Crippen molar-refractivity contribution in [2.45, 2.75) is 38.5 Å². The summed E-state index contributed by atoms with van der Waals surface area (Å²) >= 11 is 0. The summed E-state index contributed by atoms with van der Waals surface area (Å²) in [5.41, 5.74) is 5.45. The van der Waals surface area contributed by atoms with Crippen LogP contribution in [0.1, 0.15) is 60.0 Å². The van der Waals surface area contributed by atoms with Gasteiger partial charge in [-0.25, -0.2) is 4.79 Å². The maximum Gasteiger partial charge on any atom is 0.335 e. The highest BCUT2D eigenvalue weighted by Crippen LogP contribution is 2.45. The number of aromatic carboxylic acids is 1. The first-order valence-corrected chi connectivity index (χ1v) is 7.54. The molecule has 3 rings (SSSR count). The van der Waals surface area contributed by atoms with Gasteiger partial charge in [-0.15, -0.1) is 0 Å². The Morgan fingerprint density at radius 2 is 1.76 bits per heavy atom. The van der Waals surface area contributed by atoms with Crippen molar-refractivity contribution in [3.05, 3.63) is 59.2 Å². The third kappa shape index (κ3) is 2.85. The minimum atomic E-state index is -0.875. The summed E-state index contributed by atoms with van der Waals surface area (Å²) in [4.78, 5) is 11.0. The number of hydrogen-bond donors (Lipinski definition) is 1. The molecule has 0 aromatic heterocycles. The number of benzene rings is 2. The van der Waals surface area contributed by atoms with Gasteiger partial charge in [-0.1, -0.05) is 44.2 Å². The van der Waals surface area contributed by atoms with E-state index in [9.17, 15) is 4.79 Å². The zero-order valence-electron chi connectivity index (χ0n) is 12.5. The molecule has 2 heteroatoms. The van der Waals surface area contributed by atoms with Gasteiger partial charge in [0, 0.05) is 0 Å². The Morgan fingerprint density at radius 3 is 2.29 bits per heavy atom. The van der Waals surface area contributed by atoms with Crippen molar-refractivity contribution in [2.75, 3.05) is 0 Å². The van der Waals surface area contributed by atoms with Crippen molar-refractivity contribution in [1.82, 2.24) is 0 Å². The average molecular weight is 280 g/mol. The fraction of sp³-hybridized carbons (Fsp3) is 0.316. The molecule has 1 N–H and O–H groups in total. The van der Waals surface area contributed by atoms with Gasteiger partial charge in [0.05, 0.1) is 5.56 Å². The van der Waals surface area contributed by atoms with Crippen molar-refractivity contribution in [2.24, 2.45) is 0 Å². The molecule has 108 valence electrons. The fourth-order valence-corrected chi connectivity index (χ4v) is 2.73. The van der Waals surface area contributed by atoms with E-state index in [1.54, 1.807) is 12.1 Å². The molecule has 0 aliphatic heterocycles. The lowest BCUT2D eigenvalue weighted by Gasteiger charge is -2.14. The van der Waals surface area contributed by atoms with Crippen LogP contribution in [0.5, 0.6) is 0 Å². The summed E-state index contributed by atoms with van der Waals surface area (Å²) in [5.74, 6) is 0.301. The normalized spacial score (nSPS) is 14.4. The van der Waals surface area contributed by atoms with Crippen molar-refractivity contribution in [3.63, 3.8) is 0 Å². The second-order valence-electron chi connectivity index (χ2n) is 6.16. The molecule has 21 heavy (non-hydrogen) atoms. The highest BCUT2D eigenvalue weighted by atomic mass is 16.4. The quantitative estimate of drug-likeness (QED) is 0.850. The third-order valence-electron chi connectivity index (χ3n) is 4.20. The van der Waals surface area contributed by atoms with E-state index in [1.807, 2.05) is 12.1 Å². The van der Waals surface area contributed by atoms with E-state index >= 15 is 0 Å². The van der Waals surface area contributed by atoms with Crippen LogP contribution in [0.2, 0.25) is 0 Å². The maximum atomic E-state index is 11.0. The molecule has 1 aliphatic carbocycles. The van der Waals surface area contributed by atoms with Gasteiger partial charge in [-0.05, 0) is 59.1 Å². The van der Waals surface area contributed by atoms with E-state index in [2.05, 4.69) is 32.0 Å². The molecule has 2 aromatic rings. The Labute approximate surface area is 125 Å². The Bertz CT molecular complexity index is 664.